The van der Waals surface area contributed by atoms with Crippen molar-refractivity contribution >= 4 is 0 Å². The number of hydrogen-bond donors (Lipinski definition) is 3. The first-order valence-electron chi connectivity index (χ1n) is 14.4. The van der Waals surface area contributed by atoms with Gasteiger partial charge in [-0.05, 0) is 60.7 Å². The smallest absolute Gasteiger partial charge is 0.115 e. The molecule has 0 spiro atoms. The van der Waals surface area contributed by atoms with Crippen LogP contribution in [0.5, 0.6) is 0 Å². The van der Waals surface area contributed by atoms with Crippen molar-refractivity contribution in [1.29, 1.82) is 0 Å². The maximum absolute atomic E-state index is 10.8. The lowest BCUT2D eigenvalue weighted by molar-refractivity contribution is 0.108. The lowest BCUT2D eigenvalue weighted by Crippen LogP contribution is -2.29. The van der Waals surface area contributed by atoms with Crippen molar-refractivity contribution in [3.05, 3.63) is 143 Å². The highest BCUT2D eigenvalue weighted by molar-refractivity contribution is 5.25. The first kappa shape index (κ1) is 35.5. The SMILES string of the molecule is CC.COCc1ccccc1.C\C=C/C(O)=C\C=C\CCCN(Cc1ccccc1)C[C@H](O)c1cccc(CO)c1. The number of rotatable bonds is 14. The Hall–Kier alpha value is -3.48. The Kier molecular flexibility index (Phi) is 20.2. The molecular weight excluding hydrogens is 510 g/mol. The average molecular weight is 560 g/mol. The number of hydrogen-bond acceptors (Lipinski definition) is 5. The molecule has 0 amide bonds. The molecule has 0 saturated carbocycles. The van der Waals surface area contributed by atoms with E-state index in [0.717, 1.165) is 37.1 Å². The van der Waals surface area contributed by atoms with E-state index in [1.54, 1.807) is 25.3 Å². The summed E-state index contributed by atoms with van der Waals surface area (Å²) in [5, 5.41) is 29.7. The largest absolute Gasteiger partial charge is 0.508 e. The van der Waals surface area contributed by atoms with Gasteiger partial charge in [-0.25, -0.2) is 0 Å². The van der Waals surface area contributed by atoms with Gasteiger partial charge in [0.05, 0.1) is 19.3 Å². The van der Waals surface area contributed by atoms with Crippen LogP contribution >= 0.6 is 0 Å². The fourth-order valence-corrected chi connectivity index (χ4v) is 3.99. The zero-order valence-corrected chi connectivity index (χ0v) is 25.2. The first-order chi connectivity index (χ1) is 20.0. The van der Waals surface area contributed by atoms with Gasteiger partial charge in [-0.15, -0.1) is 0 Å². The highest BCUT2D eigenvalue weighted by Gasteiger charge is 2.14. The molecule has 0 aliphatic carbocycles. The Morgan fingerprint density at radius 3 is 2.15 bits per heavy atom. The van der Waals surface area contributed by atoms with Crippen LogP contribution in [0.15, 0.2) is 121 Å². The second-order valence-corrected chi connectivity index (χ2v) is 9.22. The zero-order chi connectivity index (χ0) is 30.1. The number of aliphatic hydroxyl groups is 3. The third-order valence-electron chi connectivity index (χ3n) is 5.94. The lowest BCUT2D eigenvalue weighted by Gasteiger charge is -2.25. The molecule has 3 aromatic rings. The number of allylic oxidation sites excluding steroid dienone is 5. The fraction of sp³-hybridized carbons (Fsp3) is 0.333. The van der Waals surface area contributed by atoms with Crippen molar-refractivity contribution < 1.29 is 20.1 Å². The van der Waals surface area contributed by atoms with Crippen LogP contribution < -0.4 is 0 Å². The van der Waals surface area contributed by atoms with E-state index < -0.39 is 6.10 Å². The molecule has 0 saturated heterocycles. The number of benzene rings is 3. The molecule has 5 heteroatoms. The van der Waals surface area contributed by atoms with Gasteiger partial charge in [0.1, 0.15) is 5.76 Å². The van der Waals surface area contributed by atoms with E-state index >= 15 is 0 Å². The van der Waals surface area contributed by atoms with Gasteiger partial charge < -0.3 is 20.1 Å². The van der Waals surface area contributed by atoms with E-state index in [1.807, 2.05) is 106 Å². The van der Waals surface area contributed by atoms with Crippen molar-refractivity contribution in [2.24, 2.45) is 0 Å². The highest BCUT2D eigenvalue weighted by atomic mass is 16.5. The molecule has 1 atom stereocenters. The summed E-state index contributed by atoms with van der Waals surface area (Å²) in [7, 11) is 1.70. The third kappa shape index (κ3) is 16.4. The molecule has 3 aromatic carbocycles. The Morgan fingerprint density at radius 2 is 1.54 bits per heavy atom. The second kappa shape index (κ2) is 23.2. The van der Waals surface area contributed by atoms with E-state index in [-0.39, 0.29) is 12.4 Å². The van der Waals surface area contributed by atoms with E-state index in [1.165, 1.54) is 11.1 Å². The molecule has 0 radical (unpaired) electrons. The molecule has 0 bridgehead atoms. The molecule has 5 nitrogen and oxygen atoms in total. The molecule has 0 unspecified atom stereocenters. The molecule has 3 N–H and O–H groups in total. The number of methoxy groups -OCH3 is 1. The minimum absolute atomic E-state index is 0.0291. The van der Waals surface area contributed by atoms with E-state index in [4.69, 9.17) is 4.74 Å². The van der Waals surface area contributed by atoms with E-state index in [0.29, 0.717) is 13.2 Å². The molecule has 0 aliphatic rings. The van der Waals surface area contributed by atoms with Gasteiger partial charge in [0.2, 0.25) is 0 Å². The standard InChI is InChI=1S/C26H33NO3.C8H10O.C2H6/c1-2-11-25(29)16-8-3-4-9-17-27(19-22-12-6-5-7-13-22)20-26(30)24-15-10-14-23(18-24)21-28;1-9-7-8-5-3-2-4-6-8;1-2/h2-3,5-8,10-16,18,26,28-30H,4,9,17,19-21H2,1H3;2-6H,7H2,1H3;1-2H3/b8-3+,11-2-,25-16+;;/t26-;;/m0../s1. The molecule has 0 aromatic heterocycles. The first-order valence-corrected chi connectivity index (χ1v) is 14.4. The zero-order valence-electron chi connectivity index (χ0n) is 25.2. The van der Waals surface area contributed by atoms with Gasteiger partial charge in [0, 0.05) is 20.2 Å². The van der Waals surface area contributed by atoms with Gasteiger partial charge in [0.25, 0.3) is 0 Å². The average Bonchev–Trinajstić information content (AvgIpc) is 3.01. The van der Waals surface area contributed by atoms with Crippen LogP contribution in [0.1, 0.15) is 62.0 Å². The molecule has 0 fully saturated rings. The predicted octanol–water partition coefficient (Wildman–Crippen LogP) is 7.93. The molecule has 41 heavy (non-hydrogen) atoms. The number of aliphatic hydroxyl groups excluding tert-OH is 3. The summed E-state index contributed by atoms with van der Waals surface area (Å²) in [6.45, 7) is 8.68. The maximum atomic E-state index is 10.8. The van der Waals surface area contributed by atoms with Crippen LogP contribution in [0.25, 0.3) is 0 Å². The summed E-state index contributed by atoms with van der Waals surface area (Å²) < 4.78 is 4.93. The molecule has 0 aliphatic heterocycles. The summed E-state index contributed by atoms with van der Waals surface area (Å²) in [6, 6.07) is 27.8. The number of ether oxygens (including phenoxy) is 1. The highest BCUT2D eigenvalue weighted by Crippen LogP contribution is 2.18. The summed E-state index contributed by atoms with van der Waals surface area (Å²) >= 11 is 0. The quantitative estimate of drug-likeness (QED) is 0.106. The Bertz CT molecular complexity index is 1130. The summed E-state index contributed by atoms with van der Waals surface area (Å²) in [5.41, 5.74) is 4.06. The van der Waals surface area contributed by atoms with Crippen LogP contribution in [0, 0.1) is 0 Å². The van der Waals surface area contributed by atoms with Gasteiger partial charge in [-0.1, -0.05) is 117 Å². The van der Waals surface area contributed by atoms with Gasteiger partial charge in [0.15, 0.2) is 0 Å². The topological polar surface area (TPSA) is 73.2 Å². The fourth-order valence-electron chi connectivity index (χ4n) is 3.99. The monoisotopic (exact) mass is 559 g/mol. The lowest BCUT2D eigenvalue weighted by atomic mass is 10.1. The van der Waals surface area contributed by atoms with Crippen molar-refractivity contribution in [3.63, 3.8) is 0 Å². The molecule has 222 valence electrons. The van der Waals surface area contributed by atoms with Crippen LogP contribution in [-0.4, -0.2) is 40.4 Å². The van der Waals surface area contributed by atoms with Crippen molar-refractivity contribution in [2.75, 3.05) is 20.2 Å². The molecule has 0 heterocycles. The maximum Gasteiger partial charge on any atom is 0.115 e. The van der Waals surface area contributed by atoms with Gasteiger partial charge >= 0.3 is 0 Å². The molecular formula is C36H49NO4. The molecule has 3 rings (SSSR count). The summed E-state index contributed by atoms with van der Waals surface area (Å²) in [6.07, 6.45) is 10.3. The van der Waals surface area contributed by atoms with Crippen molar-refractivity contribution in [1.82, 2.24) is 4.90 Å². The predicted molar refractivity (Wildman–Crippen MR) is 171 cm³/mol. The van der Waals surface area contributed by atoms with E-state index in [9.17, 15) is 15.3 Å². The minimum atomic E-state index is -0.614. The van der Waals surface area contributed by atoms with Crippen LogP contribution in [0.2, 0.25) is 0 Å². The third-order valence-corrected chi connectivity index (χ3v) is 5.94. The minimum Gasteiger partial charge on any atom is -0.508 e. The number of nitrogens with zero attached hydrogens (tertiary/aromatic N) is 1. The Balaban J connectivity index is 0.000000641. The van der Waals surface area contributed by atoms with Crippen LogP contribution in [0.4, 0.5) is 0 Å². The van der Waals surface area contributed by atoms with E-state index in [2.05, 4.69) is 17.0 Å². The summed E-state index contributed by atoms with van der Waals surface area (Å²) in [4.78, 5) is 2.26. The van der Waals surface area contributed by atoms with Crippen molar-refractivity contribution in [3.8, 4) is 0 Å². The second-order valence-electron chi connectivity index (χ2n) is 9.22. The Morgan fingerprint density at radius 1 is 0.902 bits per heavy atom. The number of unbranched alkanes of at least 4 members (excludes halogenated alkanes) is 1. The van der Waals surface area contributed by atoms with Crippen molar-refractivity contribution in [2.45, 2.75) is 59.5 Å². The summed E-state index contributed by atoms with van der Waals surface area (Å²) in [5.74, 6) is 0.243. The normalized spacial score (nSPS) is 12.1. The van der Waals surface area contributed by atoms with Gasteiger partial charge in [-0.2, -0.15) is 0 Å². The van der Waals surface area contributed by atoms with Gasteiger partial charge in [-0.3, -0.25) is 4.90 Å². The Labute approximate surface area is 247 Å². The van der Waals surface area contributed by atoms with Crippen LogP contribution in [-0.2, 0) is 24.5 Å². The van der Waals surface area contributed by atoms with Crippen LogP contribution in [0.3, 0.4) is 0 Å².